The molecule has 6 nitrogen and oxygen atoms in total. The smallest absolute Gasteiger partial charge is 0.305 e. The highest BCUT2D eigenvalue weighted by Gasteiger charge is 2.08. The summed E-state index contributed by atoms with van der Waals surface area (Å²) in [5, 5.41) is 19.8. The van der Waals surface area contributed by atoms with Crippen molar-refractivity contribution in [3.05, 3.63) is 29.8 Å². The normalized spacial score (nSPS) is 12.1. The van der Waals surface area contributed by atoms with Crippen molar-refractivity contribution in [1.82, 2.24) is 4.90 Å². The highest BCUT2D eigenvalue weighted by molar-refractivity contribution is 5.69. The van der Waals surface area contributed by atoms with Gasteiger partial charge in [-0.3, -0.25) is 4.79 Å². The number of aryl methyl sites for hydroxylation is 1. The summed E-state index contributed by atoms with van der Waals surface area (Å²) in [7, 11) is 0. The monoisotopic (exact) mass is 606 g/mol. The maximum atomic E-state index is 11.9. The van der Waals surface area contributed by atoms with Crippen LogP contribution in [0.1, 0.15) is 154 Å². The molecular formula is C37H67NO5. The van der Waals surface area contributed by atoms with Gasteiger partial charge in [0.25, 0.3) is 0 Å². The molecule has 2 N–H and O–H groups in total. The third-order valence-electron chi connectivity index (χ3n) is 8.20. The van der Waals surface area contributed by atoms with Gasteiger partial charge in [-0.25, -0.2) is 0 Å². The van der Waals surface area contributed by atoms with Crippen LogP contribution in [-0.4, -0.2) is 60.2 Å². The molecule has 1 aromatic carbocycles. The molecule has 0 saturated carbocycles. The Balaban J connectivity index is 2.00. The third-order valence-corrected chi connectivity index (χ3v) is 8.20. The molecule has 0 aliphatic carbocycles. The van der Waals surface area contributed by atoms with Gasteiger partial charge in [-0.15, -0.1) is 0 Å². The first-order valence-electron chi connectivity index (χ1n) is 18.0. The molecule has 250 valence electrons. The van der Waals surface area contributed by atoms with E-state index in [1.54, 1.807) is 0 Å². The van der Waals surface area contributed by atoms with Crippen molar-refractivity contribution in [3.8, 4) is 5.75 Å². The van der Waals surface area contributed by atoms with E-state index >= 15 is 0 Å². The topological polar surface area (TPSA) is 79.2 Å². The van der Waals surface area contributed by atoms with Crippen molar-refractivity contribution in [2.75, 3.05) is 32.8 Å². The van der Waals surface area contributed by atoms with E-state index in [2.05, 4.69) is 30.9 Å². The van der Waals surface area contributed by atoms with Crippen molar-refractivity contribution >= 4 is 5.97 Å². The maximum absolute atomic E-state index is 11.9. The summed E-state index contributed by atoms with van der Waals surface area (Å²) in [5.74, 6) is 0.732. The average molecular weight is 606 g/mol. The molecule has 0 fully saturated rings. The van der Waals surface area contributed by atoms with Crippen LogP contribution in [0, 0.1) is 0 Å². The first-order valence-corrected chi connectivity index (χ1v) is 18.0. The van der Waals surface area contributed by atoms with Gasteiger partial charge in [-0.2, -0.15) is 0 Å². The van der Waals surface area contributed by atoms with E-state index < -0.39 is 6.29 Å². The Kier molecular flexibility index (Phi) is 26.7. The number of aliphatic hydroxyl groups excluding tert-OH is 2. The summed E-state index contributed by atoms with van der Waals surface area (Å²) in [6.07, 6.45) is 23.5. The fourth-order valence-electron chi connectivity index (χ4n) is 5.51. The van der Waals surface area contributed by atoms with E-state index in [-0.39, 0.29) is 12.6 Å². The zero-order valence-electron chi connectivity index (χ0n) is 28.0. The number of carbonyl (C=O) groups excluding carboxylic acids is 1. The van der Waals surface area contributed by atoms with Crippen LogP contribution >= 0.6 is 0 Å². The summed E-state index contributed by atoms with van der Waals surface area (Å²) < 4.78 is 11.1. The van der Waals surface area contributed by atoms with Crippen LogP contribution in [0.25, 0.3) is 0 Å². The van der Waals surface area contributed by atoms with Gasteiger partial charge in [-0.1, -0.05) is 109 Å². The summed E-state index contributed by atoms with van der Waals surface area (Å²) >= 11 is 0. The molecule has 0 heterocycles. The lowest BCUT2D eigenvalue weighted by molar-refractivity contribution is -0.143. The summed E-state index contributed by atoms with van der Waals surface area (Å²) in [5.41, 5.74) is 1.28. The van der Waals surface area contributed by atoms with Crippen molar-refractivity contribution in [2.45, 2.75) is 161 Å². The Hall–Kier alpha value is -1.63. The van der Waals surface area contributed by atoms with Gasteiger partial charge in [0.05, 0.1) is 13.2 Å². The Morgan fingerprint density at radius 2 is 1.35 bits per heavy atom. The standard InChI is InChI=1S/C37H67NO5/c1-3-5-7-8-15-21-32-42-36(40)26-17-11-9-13-19-28-38(30-31-39)29-20-14-10-12-18-27-37(41)43-35-25-22-24-34(33-35)23-16-6-4-2/h22,24-25,33,37,39,41H,3-21,23,26-32H2,1-2H3. The van der Waals surface area contributed by atoms with E-state index in [0.29, 0.717) is 19.4 Å². The minimum absolute atomic E-state index is 0.0361. The number of esters is 1. The predicted molar refractivity (Wildman–Crippen MR) is 180 cm³/mol. The molecule has 6 heteroatoms. The van der Waals surface area contributed by atoms with Gasteiger partial charge in [0.2, 0.25) is 0 Å². The summed E-state index contributed by atoms with van der Waals surface area (Å²) in [6, 6.07) is 8.15. The fraction of sp³-hybridized carbons (Fsp3) is 0.811. The zero-order chi connectivity index (χ0) is 31.2. The number of unbranched alkanes of at least 4 members (excludes halogenated alkanes) is 15. The predicted octanol–water partition coefficient (Wildman–Crippen LogP) is 9.00. The minimum atomic E-state index is -0.741. The number of ether oxygens (including phenoxy) is 2. The minimum Gasteiger partial charge on any atom is -0.466 e. The van der Waals surface area contributed by atoms with E-state index in [0.717, 1.165) is 96.0 Å². The van der Waals surface area contributed by atoms with Crippen LogP contribution in [0.3, 0.4) is 0 Å². The van der Waals surface area contributed by atoms with Crippen LogP contribution in [0.2, 0.25) is 0 Å². The quantitative estimate of drug-likeness (QED) is 0.0499. The van der Waals surface area contributed by atoms with E-state index in [1.165, 1.54) is 63.4 Å². The molecule has 0 amide bonds. The van der Waals surface area contributed by atoms with Crippen LogP contribution in [0.4, 0.5) is 0 Å². The molecule has 1 unspecified atom stereocenters. The molecule has 0 spiro atoms. The Morgan fingerprint density at radius 3 is 2.05 bits per heavy atom. The van der Waals surface area contributed by atoms with Crippen LogP contribution in [-0.2, 0) is 16.0 Å². The number of aliphatic hydroxyl groups is 2. The molecule has 1 rings (SSSR count). The second kappa shape index (κ2) is 29.1. The summed E-state index contributed by atoms with van der Waals surface area (Å²) in [4.78, 5) is 14.3. The molecule has 0 aromatic heterocycles. The van der Waals surface area contributed by atoms with Gasteiger partial charge in [0.15, 0.2) is 6.29 Å². The van der Waals surface area contributed by atoms with Crippen LogP contribution < -0.4 is 4.74 Å². The number of rotatable bonds is 31. The Labute approximate surface area is 264 Å². The van der Waals surface area contributed by atoms with Gasteiger partial charge >= 0.3 is 5.97 Å². The fourth-order valence-corrected chi connectivity index (χ4v) is 5.51. The SMILES string of the molecule is CCCCCCCCOC(=O)CCCCCCCN(CCO)CCCCCCCC(O)Oc1cccc(CCCCC)c1. The lowest BCUT2D eigenvalue weighted by atomic mass is 10.1. The van der Waals surface area contributed by atoms with Gasteiger partial charge in [0, 0.05) is 19.4 Å². The summed E-state index contributed by atoms with van der Waals surface area (Å²) in [6.45, 7) is 8.04. The first kappa shape index (κ1) is 39.4. The molecule has 1 atom stereocenters. The van der Waals surface area contributed by atoms with Gasteiger partial charge < -0.3 is 24.6 Å². The number of benzene rings is 1. The lowest BCUT2D eigenvalue weighted by Crippen LogP contribution is -2.29. The molecular weight excluding hydrogens is 538 g/mol. The van der Waals surface area contributed by atoms with E-state index in [9.17, 15) is 15.0 Å². The molecule has 0 aliphatic rings. The highest BCUT2D eigenvalue weighted by atomic mass is 16.6. The average Bonchev–Trinajstić information content (AvgIpc) is 3.00. The van der Waals surface area contributed by atoms with Crippen molar-refractivity contribution in [1.29, 1.82) is 0 Å². The molecule has 0 saturated heterocycles. The number of nitrogens with zero attached hydrogens (tertiary/aromatic N) is 1. The van der Waals surface area contributed by atoms with E-state index in [1.807, 2.05) is 12.1 Å². The first-order chi connectivity index (χ1) is 21.1. The van der Waals surface area contributed by atoms with Crippen molar-refractivity contribution in [2.24, 2.45) is 0 Å². The largest absolute Gasteiger partial charge is 0.466 e. The van der Waals surface area contributed by atoms with Gasteiger partial charge in [-0.05, 0) is 75.7 Å². The molecule has 0 aliphatic heterocycles. The lowest BCUT2D eigenvalue weighted by Gasteiger charge is -2.21. The third kappa shape index (κ3) is 24.4. The van der Waals surface area contributed by atoms with Gasteiger partial charge in [0.1, 0.15) is 5.75 Å². The maximum Gasteiger partial charge on any atom is 0.305 e. The van der Waals surface area contributed by atoms with Crippen LogP contribution in [0.5, 0.6) is 5.75 Å². The second-order valence-corrected chi connectivity index (χ2v) is 12.3. The number of hydrogen-bond acceptors (Lipinski definition) is 6. The molecule has 1 aromatic rings. The molecule has 0 radical (unpaired) electrons. The van der Waals surface area contributed by atoms with E-state index in [4.69, 9.17) is 9.47 Å². The van der Waals surface area contributed by atoms with Crippen molar-refractivity contribution < 1.29 is 24.5 Å². The van der Waals surface area contributed by atoms with Crippen LogP contribution in [0.15, 0.2) is 24.3 Å². The number of carbonyl (C=O) groups is 1. The molecule has 43 heavy (non-hydrogen) atoms. The zero-order valence-corrected chi connectivity index (χ0v) is 28.0. The van der Waals surface area contributed by atoms with Crippen molar-refractivity contribution in [3.63, 3.8) is 0 Å². The molecule has 0 bridgehead atoms. The highest BCUT2D eigenvalue weighted by Crippen LogP contribution is 2.18. The second-order valence-electron chi connectivity index (χ2n) is 12.3. The Morgan fingerprint density at radius 1 is 0.744 bits per heavy atom. The Bertz CT molecular complexity index is 758. The number of hydrogen-bond donors (Lipinski definition) is 2.